The molecule has 0 bridgehead atoms. The number of nitrogens with zero attached hydrogens (tertiary/aromatic N) is 8. The molecule has 0 aliphatic rings. The van der Waals surface area contributed by atoms with E-state index in [-0.39, 0.29) is 22.6 Å². The van der Waals surface area contributed by atoms with Crippen LogP contribution in [0.3, 0.4) is 0 Å². The lowest BCUT2D eigenvalue weighted by Crippen LogP contribution is -2.17. The van der Waals surface area contributed by atoms with E-state index < -0.39 is 23.7 Å². The molecule has 0 amide bonds. The van der Waals surface area contributed by atoms with Crippen LogP contribution >= 0.6 is 50.8 Å². The Morgan fingerprint density at radius 1 is 0.771 bits per heavy atom. The second-order valence-corrected chi connectivity index (χ2v) is 10.7. The Hall–Kier alpha value is -5.05. The van der Waals surface area contributed by atoms with E-state index in [4.69, 9.17) is 15.6 Å². The molecular formula is C28H26BrN9O7S3. The second-order valence-electron chi connectivity index (χ2n) is 8.01. The number of nitrogens with two attached hydrogens (primary N) is 1. The van der Waals surface area contributed by atoms with E-state index in [1.54, 1.807) is 62.6 Å². The maximum absolute atomic E-state index is 11.4. The number of carbonyl (C=O) groups is 4. The van der Waals surface area contributed by atoms with Crippen LogP contribution in [0.2, 0.25) is 0 Å². The van der Waals surface area contributed by atoms with Crippen molar-refractivity contribution in [3.63, 3.8) is 0 Å². The van der Waals surface area contributed by atoms with E-state index in [1.807, 2.05) is 0 Å². The van der Waals surface area contributed by atoms with Crippen molar-refractivity contribution in [3.8, 4) is 21.4 Å². The van der Waals surface area contributed by atoms with Crippen molar-refractivity contribution in [2.45, 2.75) is 13.8 Å². The van der Waals surface area contributed by atoms with Gasteiger partial charge in [0.05, 0.1) is 37.1 Å². The third-order valence-corrected chi connectivity index (χ3v) is 7.16. The van der Waals surface area contributed by atoms with Crippen LogP contribution in [-0.4, -0.2) is 92.2 Å². The fourth-order valence-electron chi connectivity index (χ4n) is 2.69. The van der Waals surface area contributed by atoms with Crippen LogP contribution in [0, 0.1) is 0 Å². The van der Waals surface area contributed by atoms with Crippen LogP contribution in [0.15, 0.2) is 66.5 Å². The number of esters is 2. The summed E-state index contributed by atoms with van der Waals surface area (Å²) >= 11 is 10.1. The van der Waals surface area contributed by atoms with Crippen molar-refractivity contribution < 1.29 is 33.8 Å². The zero-order valence-electron chi connectivity index (χ0n) is 25.1. The first-order valence-corrected chi connectivity index (χ1v) is 16.6. The summed E-state index contributed by atoms with van der Waals surface area (Å²) in [5.41, 5.74) is 7.40. The van der Waals surface area contributed by atoms with Gasteiger partial charge in [-0.05, 0) is 13.8 Å². The number of ether oxygens (including phenoxy) is 2. The first-order valence-electron chi connectivity index (χ1n) is 13.3. The molecule has 5 rings (SSSR count). The van der Waals surface area contributed by atoms with Crippen molar-refractivity contribution >= 4 is 79.5 Å². The van der Waals surface area contributed by atoms with Crippen LogP contribution in [0.5, 0.6) is 0 Å². The molecule has 0 atom stereocenters. The molecular weight excluding hydrogens is 750 g/mol. The molecule has 0 unspecified atom stereocenters. The molecule has 3 N–H and O–H groups in total. The minimum absolute atomic E-state index is 0.0336. The maximum Gasteiger partial charge on any atom is 0.375 e. The number of thiazole rings is 2. The fraction of sp³-hybridized carbons (Fsp3) is 0.179. The lowest BCUT2D eigenvalue weighted by molar-refractivity contribution is -0.152. The number of ketones is 1. The third-order valence-electron chi connectivity index (χ3n) is 4.72. The highest BCUT2D eigenvalue weighted by Gasteiger charge is 2.13. The summed E-state index contributed by atoms with van der Waals surface area (Å²) in [4.78, 5) is 74.6. The number of Topliss-reactive ketones (excluding diaryl/α,β-unsaturated/α-hetero) is 1. The van der Waals surface area contributed by atoms with Crippen molar-refractivity contribution in [1.82, 2.24) is 39.9 Å². The minimum atomic E-state index is -1.03. The first kappa shape index (κ1) is 39.1. The van der Waals surface area contributed by atoms with Gasteiger partial charge in [-0.15, -0.1) is 22.7 Å². The van der Waals surface area contributed by atoms with Crippen LogP contribution in [0.1, 0.15) is 40.5 Å². The lowest BCUT2D eigenvalue weighted by atomic mass is 10.4. The first-order chi connectivity index (χ1) is 23.1. The van der Waals surface area contributed by atoms with Crippen molar-refractivity contribution in [1.29, 1.82) is 0 Å². The molecule has 5 aromatic heterocycles. The molecule has 0 radical (unpaired) electrons. The molecule has 0 fully saturated rings. The molecule has 16 nitrogen and oxygen atoms in total. The number of aromatic carboxylic acids is 1. The van der Waals surface area contributed by atoms with Crippen LogP contribution in [-0.2, 0) is 19.1 Å². The SMILES string of the molecule is CCOC(=O)C(=O)CBr.CCOC(=O)c1csc(-c2cnccn2)n1.NC(=S)c1cnccn1.O=C(O)c1csc(-c2cnccn2)n1. The van der Waals surface area contributed by atoms with Gasteiger partial charge in [-0.25, -0.2) is 24.4 Å². The summed E-state index contributed by atoms with van der Waals surface area (Å²) in [7, 11) is 0. The molecule has 48 heavy (non-hydrogen) atoms. The van der Waals surface area contributed by atoms with Crippen LogP contribution < -0.4 is 5.73 Å². The van der Waals surface area contributed by atoms with E-state index in [1.165, 1.54) is 40.4 Å². The smallest absolute Gasteiger partial charge is 0.375 e. The zero-order chi connectivity index (χ0) is 35.3. The monoisotopic (exact) mass is 775 g/mol. The second kappa shape index (κ2) is 21.7. The molecule has 20 heteroatoms. The van der Waals surface area contributed by atoms with Gasteiger partial charge in [0.15, 0.2) is 11.4 Å². The number of alkyl halides is 1. The standard InChI is InChI=1S/C10H9N3O2S.C8H5N3O2S.C5H7BrO3.C5H5N3S/c1-2-15-10(14)8-6-16-9(13-8)7-5-11-3-4-12-7;12-8(13)6-4-14-7(11-6)5-3-9-1-2-10-5;1-2-9-5(8)4(7)3-6;6-5(9)4-3-7-1-2-8-4/h3-6H,2H2,1H3;1-4H,(H,12,13);2-3H2,1H3;1-3H,(H2,6,9). The predicted molar refractivity (Wildman–Crippen MR) is 183 cm³/mol. The number of halogens is 1. The van der Waals surface area contributed by atoms with Crippen LogP contribution in [0.4, 0.5) is 0 Å². The van der Waals surface area contributed by atoms with Gasteiger partial charge in [0.25, 0.3) is 0 Å². The van der Waals surface area contributed by atoms with E-state index in [2.05, 4.69) is 72.8 Å². The summed E-state index contributed by atoms with van der Waals surface area (Å²) in [6.45, 7) is 4.00. The zero-order valence-corrected chi connectivity index (χ0v) is 29.2. The molecule has 5 aromatic rings. The highest BCUT2D eigenvalue weighted by molar-refractivity contribution is 9.09. The Balaban J connectivity index is 0.000000230. The predicted octanol–water partition coefficient (Wildman–Crippen LogP) is 3.70. The molecule has 0 saturated heterocycles. The van der Waals surface area contributed by atoms with Gasteiger partial charge in [-0.3, -0.25) is 34.7 Å². The lowest BCUT2D eigenvalue weighted by Gasteiger charge is -1.96. The molecule has 0 aromatic carbocycles. The highest BCUT2D eigenvalue weighted by Crippen LogP contribution is 2.21. The third kappa shape index (κ3) is 13.7. The van der Waals surface area contributed by atoms with Crippen molar-refractivity contribution in [2.24, 2.45) is 5.73 Å². The summed E-state index contributed by atoms with van der Waals surface area (Å²) in [6, 6.07) is 0. The number of rotatable bonds is 9. The van der Waals surface area contributed by atoms with Crippen molar-refractivity contribution in [2.75, 3.05) is 18.5 Å². The Bertz CT molecular complexity index is 1760. The summed E-state index contributed by atoms with van der Waals surface area (Å²) in [5, 5.41) is 13.0. The molecule has 0 aliphatic heterocycles. The Kier molecular flexibility index (Phi) is 17.7. The van der Waals surface area contributed by atoms with E-state index >= 15 is 0 Å². The Morgan fingerprint density at radius 3 is 1.65 bits per heavy atom. The summed E-state index contributed by atoms with van der Waals surface area (Å²) in [5.74, 6) is -2.75. The highest BCUT2D eigenvalue weighted by atomic mass is 79.9. The van der Waals surface area contributed by atoms with E-state index in [0.29, 0.717) is 39.4 Å². The molecule has 0 aliphatic carbocycles. The van der Waals surface area contributed by atoms with E-state index in [9.17, 15) is 19.2 Å². The van der Waals surface area contributed by atoms with Gasteiger partial charge >= 0.3 is 17.9 Å². The number of thiocarbonyl (C=S) groups is 1. The number of carboxylic acid groups (broad SMARTS) is 1. The Labute approximate surface area is 295 Å². The number of carbonyl (C=O) groups excluding carboxylic acids is 3. The minimum Gasteiger partial charge on any atom is -0.476 e. The maximum atomic E-state index is 11.4. The average molecular weight is 777 g/mol. The van der Waals surface area contributed by atoms with E-state index in [0.717, 1.165) is 0 Å². The average Bonchev–Trinajstić information content (AvgIpc) is 3.82. The van der Waals surface area contributed by atoms with Gasteiger partial charge in [0, 0.05) is 47.9 Å². The molecule has 0 spiro atoms. The van der Waals surface area contributed by atoms with Gasteiger partial charge in [-0.1, -0.05) is 28.1 Å². The van der Waals surface area contributed by atoms with Crippen molar-refractivity contribution in [3.05, 3.63) is 83.6 Å². The number of aromatic nitrogens is 8. The van der Waals surface area contributed by atoms with Gasteiger partial charge in [0.1, 0.15) is 32.1 Å². The largest absolute Gasteiger partial charge is 0.476 e. The fourth-order valence-corrected chi connectivity index (χ4v) is 4.53. The van der Waals surface area contributed by atoms with Gasteiger partial charge < -0.3 is 20.3 Å². The number of carboxylic acids is 1. The normalized spacial score (nSPS) is 9.56. The summed E-state index contributed by atoms with van der Waals surface area (Å²) in [6.07, 6.45) is 14.1. The van der Waals surface area contributed by atoms with Gasteiger partial charge in [-0.2, -0.15) is 0 Å². The Morgan fingerprint density at radius 2 is 1.27 bits per heavy atom. The quantitative estimate of drug-likeness (QED) is 0.0939. The summed E-state index contributed by atoms with van der Waals surface area (Å²) < 4.78 is 9.22. The van der Waals surface area contributed by atoms with Gasteiger partial charge in [0.2, 0.25) is 5.78 Å². The topological polar surface area (TPSA) is 236 Å². The molecule has 250 valence electrons. The molecule has 5 heterocycles. The van der Waals surface area contributed by atoms with Crippen LogP contribution in [0.25, 0.3) is 21.4 Å². The number of hydrogen-bond donors (Lipinski definition) is 2. The number of hydrogen-bond acceptors (Lipinski definition) is 17. The molecule has 0 saturated carbocycles.